The summed E-state index contributed by atoms with van der Waals surface area (Å²) in [5.74, 6) is 0.118. The molecule has 5 heteroatoms. The average Bonchev–Trinajstić information content (AvgIpc) is 2.37. The molecule has 1 aromatic carbocycles. The summed E-state index contributed by atoms with van der Waals surface area (Å²) in [6, 6.07) is 4.95. The molecule has 0 unspecified atom stereocenters. The van der Waals surface area contributed by atoms with E-state index in [0.717, 1.165) is 24.2 Å². The van der Waals surface area contributed by atoms with Gasteiger partial charge in [-0.3, -0.25) is 4.79 Å². The lowest BCUT2D eigenvalue weighted by Crippen LogP contribution is -2.17. The van der Waals surface area contributed by atoms with Gasteiger partial charge in [0.15, 0.2) is 0 Å². The average molecular weight is 281 g/mol. The molecule has 1 rings (SSSR count). The van der Waals surface area contributed by atoms with E-state index >= 15 is 0 Å². The highest BCUT2D eigenvalue weighted by molar-refractivity contribution is 7.99. The van der Waals surface area contributed by atoms with Crippen LogP contribution in [0.25, 0.3) is 0 Å². The van der Waals surface area contributed by atoms with E-state index in [1.807, 2.05) is 0 Å². The second kappa shape index (κ2) is 7.84. The van der Waals surface area contributed by atoms with Gasteiger partial charge in [0, 0.05) is 0 Å². The number of unbranched alkanes of at least 4 members (excludes halogenated alkanes) is 1. The highest BCUT2D eigenvalue weighted by Gasteiger charge is 2.14. The van der Waals surface area contributed by atoms with Crippen LogP contribution in [0.1, 0.15) is 35.7 Å². The minimum atomic E-state index is -1.03. The molecule has 0 saturated carbocycles. The SMILES string of the molecule is CCCCSCC(=O)Nc1c(C)cccc1C(=O)O. The number of carboxylic acid groups (broad SMARTS) is 1. The number of aromatic carboxylic acids is 1. The molecule has 0 bridgehead atoms. The first-order valence-corrected chi connectivity index (χ1v) is 7.42. The first kappa shape index (κ1) is 15.6. The Labute approximate surface area is 117 Å². The summed E-state index contributed by atoms with van der Waals surface area (Å²) in [6.07, 6.45) is 2.19. The molecule has 0 heterocycles. The molecule has 104 valence electrons. The molecule has 1 amide bonds. The molecule has 0 aromatic heterocycles. The van der Waals surface area contributed by atoms with Crippen molar-refractivity contribution in [3.63, 3.8) is 0 Å². The highest BCUT2D eigenvalue weighted by Crippen LogP contribution is 2.21. The van der Waals surface area contributed by atoms with Crippen molar-refractivity contribution in [2.75, 3.05) is 16.8 Å². The van der Waals surface area contributed by atoms with Gasteiger partial charge >= 0.3 is 5.97 Å². The number of carbonyl (C=O) groups excluding carboxylic acids is 1. The third-order valence-corrected chi connectivity index (χ3v) is 3.69. The maximum absolute atomic E-state index is 11.8. The van der Waals surface area contributed by atoms with E-state index in [1.54, 1.807) is 30.8 Å². The molecule has 0 radical (unpaired) electrons. The number of rotatable bonds is 7. The number of hydrogen-bond acceptors (Lipinski definition) is 3. The van der Waals surface area contributed by atoms with Crippen molar-refractivity contribution in [3.05, 3.63) is 29.3 Å². The number of carboxylic acids is 1. The van der Waals surface area contributed by atoms with Crippen molar-refractivity contribution < 1.29 is 14.7 Å². The zero-order valence-corrected chi connectivity index (χ0v) is 12.0. The van der Waals surface area contributed by atoms with Crippen LogP contribution in [0.4, 0.5) is 5.69 Å². The Balaban J connectivity index is 2.66. The van der Waals surface area contributed by atoms with Gasteiger partial charge in [0.05, 0.1) is 17.0 Å². The maximum Gasteiger partial charge on any atom is 0.337 e. The van der Waals surface area contributed by atoms with Crippen LogP contribution in [0.15, 0.2) is 18.2 Å². The van der Waals surface area contributed by atoms with E-state index in [-0.39, 0.29) is 11.5 Å². The van der Waals surface area contributed by atoms with E-state index < -0.39 is 5.97 Å². The fourth-order valence-electron chi connectivity index (χ4n) is 1.60. The second-order valence-corrected chi connectivity index (χ2v) is 5.36. The Morgan fingerprint density at radius 3 is 2.74 bits per heavy atom. The molecule has 0 spiro atoms. The van der Waals surface area contributed by atoms with E-state index in [4.69, 9.17) is 5.11 Å². The van der Waals surface area contributed by atoms with E-state index in [2.05, 4.69) is 12.2 Å². The van der Waals surface area contributed by atoms with Gasteiger partial charge in [-0.1, -0.05) is 25.5 Å². The largest absolute Gasteiger partial charge is 0.478 e. The summed E-state index contributed by atoms with van der Waals surface area (Å²) >= 11 is 1.57. The molecule has 0 atom stereocenters. The zero-order chi connectivity index (χ0) is 14.3. The third-order valence-electron chi connectivity index (χ3n) is 2.64. The summed E-state index contributed by atoms with van der Waals surface area (Å²) in [6.45, 7) is 3.89. The molecular weight excluding hydrogens is 262 g/mol. The standard InChI is InChI=1S/C14H19NO3S/c1-3-4-8-19-9-12(16)15-13-10(2)6-5-7-11(13)14(17)18/h5-7H,3-4,8-9H2,1-2H3,(H,15,16)(H,17,18). The lowest BCUT2D eigenvalue weighted by atomic mass is 10.1. The van der Waals surface area contributed by atoms with Gasteiger partial charge < -0.3 is 10.4 Å². The van der Waals surface area contributed by atoms with Gasteiger partial charge in [-0.2, -0.15) is 11.8 Å². The van der Waals surface area contributed by atoms with E-state index in [1.165, 1.54) is 6.07 Å². The minimum absolute atomic E-state index is 0.131. The van der Waals surface area contributed by atoms with Crippen molar-refractivity contribution in [2.45, 2.75) is 26.7 Å². The van der Waals surface area contributed by atoms with Crippen LogP contribution < -0.4 is 5.32 Å². The van der Waals surface area contributed by atoms with Gasteiger partial charge in [-0.05, 0) is 30.7 Å². The third kappa shape index (κ3) is 4.95. The summed E-state index contributed by atoms with van der Waals surface area (Å²) in [7, 11) is 0. The fourth-order valence-corrected chi connectivity index (χ4v) is 2.49. The van der Waals surface area contributed by atoms with Crippen LogP contribution in [-0.2, 0) is 4.79 Å². The number of nitrogens with one attached hydrogen (secondary N) is 1. The van der Waals surface area contributed by atoms with Crippen LogP contribution in [-0.4, -0.2) is 28.5 Å². The van der Waals surface area contributed by atoms with Crippen molar-refractivity contribution >= 4 is 29.3 Å². The molecular formula is C14H19NO3S. The normalized spacial score (nSPS) is 10.2. The smallest absolute Gasteiger partial charge is 0.337 e. The Morgan fingerprint density at radius 2 is 2.11 bits per heavy atom. The molecule has 0 aliphatic heterocycles. The maximum atomic E-state index is 11.8. The number of carbonyl (C=O) groups is 2. The summed E-state index contributed by atoms with van der Waals surface area (Å²) in [4.78, 5) is 22.9. The van der Waals surface area contributed by atoms with Crippen molar-refractivity contribution in [1.82, 2.24) is 0 Å². The molecule has 0 saturated heterocycles. The van der Waals surface area contributed by atoms with E-state index in [9.17, 15) is 9.59 Å². The predicted octanol–water partition coefficient (Wildman–Crippen LogP) is 3.17. The van der Waals surface area contributed by atoms with Gasteiger partial charge in [-0.25, -0.2) is 4.79 Å². The predicted molar refractivity (Wildman–Crippen MR) is 79.0 cm³/mol. The Kier molecular flexibility index (Phi) is 6.42. The number of aryl methyl sites for hydroxylation is 1. The molecule has 19 heavy (non-hydrogen) atoms. The van der Waals surface area contributed by atoms with Crippen molar-refractivity contribution in [2.24, 2.45) is 0 Å². The quantitative estimate of drug-likeness (QED) is 0.753. The second-order valence-electron chi connectivity index (χ2n) is 4.26. The Bertz CT molecular complexity index is 460. The first-order chi connectivity index (χ1) is 9.06. The first-order valence-electron chi connectivity index (χ1n) is 6.26. The summed E-state index contributed by atoms with van der Waals surface area (Å²) in [5, 5.41) is 11.8. The number of hydrogen-bond donors (Lipinski definition) is 2. The number of anilines is 1. The minimum Gasteiger partial charge on any atom is -0.478 e. The molecule has 1 aromatic rings. The molecule has 4 nitrogen and oxygen atoms in total. The van der Waals surface area contributed by atoms with Gasteiger partial charge in [0.25, 0.3) is 0 Å². The number of para-hydroxylation sites is 1. The van der Waals surface area contributed by atoms with Crippen molar-refractivity contribution in [1.29, 1.82) is 0 Å². The number of amides is 1. The monoisotopic (exact) mass is 281 g/mol. The van der Waals surface area contributed by atoms with Crippen LogP contribution >= 0.6 is 11.8 Å². The molecule has 2 N–H and O–H groups in total. The van der Waals surface area contributed by atoms with Crippen LogP contribution in [0.3, 0.4) is 0 Å². The lowest BCUT2D eigenvalue weighted by molar-refractivity contribution is -0.113. The zero-order valence-electron chi connectivity index (χ0n) is 11.2. The Hall–Kier alpha value is -1.49. The van der Waals surface area contributed by atoms with Gasteiger partial charge in [0.2, 0.25) is 5.91 Å². The number of thioether (sulfide) groups is 1. The summed E-state index contributed by atoms with van der Waals surface area (Å²) in [5.41, 5.74) is 1.29. The molecule has 0 aliphatic rings. The van der Waals surface area contributed by atoms with Crippen LogP contribution in [0.5, 0.6) is 0 Å². The van der Waals surface area contributed by atoms with Gasteiger partial charge in [-0.15, -0.1) is 0 Å². The molecule has 0 fully saturated rings. The molecule has 0 aliphatic carbocycles. The highest BCUT2D eigenvalue weighted by atomic mass is 32.2. The Morgan fingerprint density at radius 1 is 1.37 bits per heavy atom. The number of benzene rings is 1. The van der Waals surface area contributed by atoms with Gasteiger partial charge in [0.1, 0.15) is 0 Å². The summed E-state index contributed by atoms with van der Waals surface area (Å²) < 4.78 is 0. The topological polar surface area (TPSA) is 66.4 Å². The van der Waals surface area contributed by atoms with E-state index in [0.29, 0.717) is 11.4 Å². The lowest BCUT2D eigenvalue weighted by Gasteiger charge is -2.11. The fraction of sp³-hybridized carbons (Fsp3) is 0.429. The van der Waals surface area contributed by atoms with Crippen LogP contribution in [0, 0.1) is 6.92 Å². The van der Waals surface area contributed by atoms with Crippen LogP contribution in [0.2, 0.25) is 0 Å². The van der Waals surface area contributed by atoms with Crippen molar-refractivity contribution in [3.8, 4) is 0 Å².